The van der Waals surface area contributed by atoms with Crippen molar-refractivity contribution in [3.05, 3.63) is 0 Å². The zero-order chi connectivity index (χ0) is 10.5. The lowest BCUT2D eigenvalue weighted by Gasteiger charge is -2.00. The van der Waals surface area contributed by atoms with Crippen LogP contribution in [0.1, 0.15) is 71.1 Å². The van der Waals surface area contributed by atoms with Crippen LogP contribution in [0.5, 0.6) is 0 Å². The standard InChI is InChI=1S/C13H27N/c1-3-4-5-6-7-8-9-10-11-12-13-14-2/h2-13H2,1H3. The van der Waals surface area contributed by atoms with Crippen LogP contribution in [0, 0.1) is 0 Å². The van der Waals surface area contributed by atoms with Crippen LogP contribution >= 0.6 is 0 Å². The van der Waals surface area contributed by atoms with E-state index in [1.807, 2.05) is 0 Å². The maximum Gasteiger partial charge on any atom is 0.0382 e. The van der Waals surface area contributed by atoms with E-state index in [0.29, 0.717) is 0 Å². The zero-order valence-corrected chi connectivity index (χ0v) is 9.93. The smallest absolute Gasteiger partial charge is 0.0382 e. The normalized spacial score (nSPS) is 10.4. The lowest BCUT2D eigenvalue weighted by Crippen LogP contribution is -1.83. The van der Waals surface area contributed by atoms with Gasteiger partial charge in [0.2, 0.25) is 0 Å². The van der Waals surface area contributed by atoms with E-state index in [1.165, 1.54) is 64.2 Å². The highest BCUT2D eigenvalue weighted by molar-refractivity contribution is 5.22. The van der Waals surface area contributed by atoms with Gasteiger partial charge in [0.05, 0.1) is 0 Å². The van der Waals surface area contributed by atoms with Crippen molar-refractivity contribution in [3.63, 3.8) is 0 Å². The number of hydrogen-bond donors (Lipinski definition) is 0. The van der Waals surface area contributed by atoms with Crippen LogP contribution in [0.25, 0.3) is 0 Å². The SMILES string of the molecule is C=NCCCCCCCCCCCC. The summed E-state index contributed by atoms with van der Waals surface area (Å²) in [6, 6.07) is 0. The largest absolute Gasteiger partial charge is 0.301 e. The Morgan fingerprint density at radius 1 is 0.714 bits per heavy atom. The predicted molar refractivity (Wildman–Crippen MR) is 66.3 cm³/mol. The van der Waals surface area contributed by atoms with Crippen molar-refractivity contribution in [1.29, 1.82) is 0 Å². The third-order valence-electron chi connectivity index (χ3n) is 2.67. The minimum absolute atomic E-state index is 0.955. The molecule has 0 N–H and O–H groups in total. The molecule has 0 saturated heterocycles. The first-order valence-electron chi connectivity index (χ1n) is 6.34. The molecule has 14 heavy (non-hydrogen) atoms. The maximum absolute atomic E-state index is 3.85. The van der Waals surface area contributed by atoms with Crippen molar-refractivity contribution in [3.8, 4) is 0 Å². The minimum Gasteiger partial charge on any atom is -0.301 e. The number of nitrogens with zero attached hydrogens (tertiary/aromatic N) is 1. The van der Waals surface area contributed by atoms with E-state index in [4.69, 9.17) is 0 Å². The number of hydrogen-bond acceptors (Lipinski definition) is 1. The molecule has 0 unspecified atom stereocenters. The van der Waals surface area contributed by atoms with Gasteiger partial charge in [-0.15, -0.1) is 0 Å². The molecule has 0 amide bonds. The molecule has 84 valence electrons. The van der Waals surface area contributed by atoms with Gasteiger partial charge < -0.3 is 4.99 Å². The Bertz CT molecular complexity index is 110. The Labute approximate surface area is 90.0 Å². The molecule has 0 aliphatic heterocycles. The van der Waals surface area contributed by atoms with Gasteiger partial charge >= 0.3 is 0 Å². The van der Waals surface area contributed by atoms with Gasteiger partial charge in [0.25, 0.3) is 0 Å². The average Bonchev–Trinajstić information content (AvgIpc) is 2.21. The summed E-state index contributed by atoms with van der Waals surface area (Å²) in [6.45, 7) is 6.71. The molecule has 0 aliphatic rings. The molecule has 1 heteroatoms. The van der Waals surface area contributed by atoms with Gasteiger partial charge in [-0.3, -0.25) is 0 Å². The monoisotopic (exact) mass is 197 g/mol. The highest BCUT2D eigenvalue weighted by atomic mass is 14.7. The van der Waals surface area contributed by atoms with E-state index >= 15 is 0 Å². The molecule has 0 atom stereocenters. The van der Waals surface area contributed by atoms with E-state index in [1.54, 1.807) is 0 Å². The van der Waals surface area contributed by atoms with Gasteiger partial charge in [0.15, 0.2) is 0 Å². The highest BCUT2D eigenvalue weighted by Crippen LogP contribution is 2.10. The summed E-state index contributed by atoms with van der Waals surface area (Å²) in [5.74, 6) is 0. The molecule has 0 radical (unpaired) electrons. The Morgan fingerprint density at radius 2 is 1.14 bits per heavy atom. The van der Waals surface area contributed by atoms with Crippen LogP contribution < -0.4 is 0 Å². The molecule has 0 aromatic rings. The fraction of sp³-hybridized carbons (Fsp3) is 0.923. The summed E-state index contributed by atoms with van der Waals surface area (Å²) in [4.78, 5) is 3.85. The fourth-order valence-electron chi connectivity index (χ4n) is 1.71. The average molecular weight is 197 g/mol. The van der Waals surface area contributed by atoms with E-state index in [2.05, 4.69) is 18.6 Å². The zero-order valence-electron chi connectivity index (χ0n) is 9.93. The van der Waals surface area contributed by atoms with Crippen LogP contribution in [-0.2, 0) is 0 Å². The molecule has 0 aliphatic carbocycles. The van der Waals surface area contributed by atoms with E-state index in [0.717, 1.165) is 6.54 Å². The first-order chi connectivity index (χ1) is 6.91. The number of aliphatic imine (C=N–C) groups is 1. The summed E-state index contributed by atoms with van der Waals surface area (Å²) >= 11 is 0. The number of rotatable bonds is 11. The molecular formula is C13H27N. The second-order valence-corrected chi connectivity index (χ2v) is 4.13. The van der Waals surface area contributed by atoms with Gasteiger partial charge in [-0.2, -0.15) is 0 Å². The Kier molecular flexibility index (Phi) is 12.4. The van der Waals surface area contributed by atoms with Crippen molar-refractivity contribution in [1.82, 2.24) is 0 Å². The molecule has 0 bridgehead atoms. The van der Waals surface area contributed by atoms with Gasteiger partial charge in [-0.05, 0) is 13.1 Å². The predicted octanol–water partition coefficient (Wildman–Crippen LogP) is 4.61. The second-order valence-electron chi connectivity index (χ2n) is 4.13. The molecular weight excluding hydrogens is 170 g/mol. The highest BCUT2D eigenvalue weighted by Gasteiger charge is 1.91. The van der Waals surface area contributed by atoms with Gasteiger partial charge in [0, 0.05) is 6.54 Å². The van der Waals surface area contributed by atoms with Crippen molar-refractivity contribution < 1.29 is 0 Å². The van der Waals surface area contributed by atoms with Crippen LogP contribution in [-0.4, -0.2) is 13.3 Å². The Balaban J connectivity index is 2.81. The summed E-state index contributed by atoms with van der Waals surface area (Å²) in [7, 11) is 0. The van der Waals surface area contributed by atoms with Crippen molar-refractivity contribution in [2.24, 2.45) is 4.99 Å². The molecule has 0 aromatic heterocycles. The van der Waals surface area contributed by atoms with E-state index in [-0.39, 0.29) is 0 Å². The van der Waals surface area contributed by atoms with Crippen molar-refractivity contribution in [2.75, 3.05) is 6.54 Å². The summed E-state index contributed by atoms with van der Waals surface area (Å²) in [6.07, 6.45) is 13.9. The van der Waals surface area contributed by atoms with Crippen LogP contribution in [0.2, 0.25) is 0 Å². The van der Waals surface area contributed by atoms with E-state index in [9.17, 15) is 0 Å². The van der Waals surface area contributed by atoms with Crippen molar-refractivity contribution in [2.45, 2.75) is 71.1 Å². The molecule has 0 spiro atoms. The third kappa shape index (κ3) is 11.7. The first-order valence-corrected chi connectivity index (χ1v) is 6.34. The lowest BCUT2D eigenvalue weighted by atomic mass is 10.1. The third-order valence-corrected chi connectivity index (χ3v) is 2.67. The Hall–Kier alpha value is -0.330. The summed E-state index contributed by atoms with van der Waals surface area (Å²) in [5, 5.41) is 0. The number of unbranched alkanes of at least 4 members (excludes halogenated alkanes) is 9. The first kappa shape index (κ1) is 13.7. The van der Waals surface area contributed by atoms with Crippen molar-refractivity contribution >= 4 is 6.72 Å². The quantitative estimate of drug-likeness (QED) is 0.339. The van der Waals surface area contributed by atoms with Crippen LogP contribution in [0.15, 0.2) is 4.99 Å². The van der Waals surface area contributed by atoms with E-state index < -0.39 is 0 Å². The van der Waals surface area contributed by atoms with Gasteiger partial charge in [0.1, 0.15) is 0 Å². The van der Waals surface area contributed by atoms with Gasteiger partial charge in [-0.1, -0.05) is 64.7 Å². The topological polar surface area (TPSA) is 12.4 Å². The molecule has 0 saturated carbocycles. The summed E-state index contributed by atoms with van der Waals surface area (Å²) < 4.78 is 0. The van der Waals surface area contributed by atoms with Gasteiger partial charge in [-0.25, -0.2) is 0 Å². The minimum atomic E-state index is 0.955. The summed E-state index contributed by atoms with van der Waals surface area (Å²) in [5.41, 5.74) is 0. The van der Waals surface area contributed by atoms with Crippen LogP contribution in [0.4, 0.5) is 0 Å². The Morgan fingerprint density at radius 3 is 1.57 bits per heavy atom. The molecule has 0 rings (SSSR count). The molecule has 0 heterocycles. The second kappa shape index (κ2) is 12.7. The fourth-order valence-corrected chi connectivity index (χ4v) is 1.71. The molecule has 1 nitrogen and oxygen atoms in total. The lowest BCUT2D eigenvalue weighted by molar-refractivity contribution is 0.558. The maximum atomic E-state index is 3.85. The molecule has 0 aromatic carbocycles. The molecule has 0 fully saturated rings. The van der Waals surface area contributed by atoms with Crippen LogP contribution in [0.3, 0.4) is 0 Å².